The van der Waals surface area contributed by atoms with Crippen molar-refractivity contribution < 1.29 is 0 Å². The summed E-state index contributed by atoms with van der Waals surface area (Å²) in [6.45, 7) is 1.76. The molecule has 1 aromatic carbocycles. The van der Waals surface area contributed by atoms with E-state index >= 15 is 0 Å². The molecule has 3 nitrogen and oxygen atoms in total. The van der Waals surface area contributed by atoms with Gasteiger partial charge >= 0.3 is 0 Å². The Balaban J connectivity index is 2.13. The van der Waals surface area contributed by atoms with E-state index in [1.807, 2.05) is 6.07 Å². The summed E-state index contributed by atoms with van der Waals surface area (Å²) >= 11 is 3.47. The molecule has 17 heavy (non-hydrogen) atoms. The number of nitrogens with zero attached hydrogens (tertiary/aromatic N) is 3. The summed E-state index contributed by atoms with van der Waals surface area (Å²) in [5.74, 6) is 0.913. The van der Waals surface area contributed by atoms with Crippen molar-refractivity contribution in [1.29, 1.82) is 0 Å². The average Bonchev–Trinajstić information content (AvgIpc) is 2.40. The SMILES string of the molecule is BrCCN(Cc1ccccc1)c1cnccn1. The second-order valence-electron chi connectivity index (χ2n) is 3.66. The molecule has 1 aromatic heterocycles. The van der Waals surface area contributed by atoms with Crippen molar-refractivity contribution in [3.8, 4) is 0 Å². The highest BCUT2D eigenvalue weighted by molar-refractivity contribution is 9.09. The first kappa shape index (κ1) is 12.0. The van der Waals surface area contributed by atoms with Gasteiger partial charge in [-0.2, -0.15) is 0 Å². The lowest BCUT2D eigenvalue weighted by molar-refractivity contribution is 0.816. The van der Waals surface area contributed by atoms with Crippen LogP contribution in [0.2, 0.25) is 0 Å². The van der Waals surface area contributed by atoms with Crippen molar-refractivity contribution in [2.75, 3.05) is 16.8 Å². The Hall–Kier alpha value is -1.42. The van der Waals surface area contributed by atoms with Crippen LogP contribution in [0.25, 0.3) is 0 Å². The van der Waals surface area contributed by atoms with Gasteiger partial charge in [0.1, 0.15) is 5.82 Å². The Bertz CT molecular complexity index is 433. The van der Waals surface area contributed by atoms with Crippen molar-refractivity contribution in [2.24, 2.45) is 0 Å². The van der Waals surface area contributed by atoms with Gasteiger partial charge in [0, 0.05) is 30.8 Å². The first-order valence-corrected chi connectivity index (χ1v) is 6.63. The summed E-state index contributed by atoms with van der Waals surface area (Å²) in [6.07, 6.45) is 5.21. The van der Waals surface area contributed by atoms with Gasteiger partial charge in [-0.25, -0.2) is 4.98 Å². The van der Waals surface area contributed by atoms with E-state index in [1.165, 1.54) is 5.56 Å². The van der Waals surface area contributed by atoms with Crippen molar-refractivity contribution in [3.05, 3.63) is 54.5 Å². The van der Waals surface area contributed by atoms with Crippen LogP contribution in [0.15, 0.2) is 48.9 Å². The highest BCUT2D eigenvalue weighted by Crippen LogP contribution is 2.12. The molecule has 0 saturated carbocycles. The monoisotopic (exact) mass is 291 g/mol. The molecule has 0 saturated heterocycles. The zero-order valence-electron chi connectivity index (χ0n) is 9.46. The first-order valence-electron chi connectivity index (χ1n) is 5.51. The van der Waals surface area contributed by atoms with Crippen LogP contribution >= 0.6 is 15.9 Å². The second kappa shape index (κ2) is 6.35. The highest BCUT2D eigenvalue weighted by atomic mass is 79.9. The fraction of sp³-hybridized carbons (Fsp3) is 0.231. The third kappa shape index (κ3) is 3.53. The Morgan fingerprint density at radius 3 is 2.59 bits per heavy atom. The van der Waals surface area contributed by atoms with Crippen molar-refractivity contribution in [3.63, 3.8) is 0 Å². The van der Waals surface area contributed by atoms with E-state index in [9.17, 15) is 0 Å². The summed E-state index contributed by atoms with van der Waals surface area (Å²) in [7, 11) is 0. The molecule has 0 bridgehead atoms. The number of halogens is 1. The summed E-state index contributed by atoms with van der Waals surface area (Å²) in [5, 5.41) is 0.913. The molecule has 0 unspecified atom stereocenters. The van der Waals surface area contributed by atoms with Crippen LogP contribution in [-0.4, -0.2) is 21.8 Å². The average molecular weight is 292 g/mol. The summed E-state index contributed by atoms with van der Waals surface area (Å²) in [5.41, 5.74) is 1.28. The maximum atomic E-state index is 4.34. The quantitative estimate of drug-likeness (QED) is 0.793. The molecule has 0 spiro atoms. The number of benzene rings is 1. The Labute approximate surface area is 110 Å². The van der Waals surface area contributed by atoms with E-state index in [0.29, 0.717) is 0 Å². The van der Waals surface area contributed by atoms with E-state index in [1.54, 1.807) is 18.6 Å². The minimum atomic E-state index is 0.852. The largest absolute Gasteiger partial charge is 0.350 e. The summed E-state index contributed by atoms with van der Waals surface area (Å²) in [6, 6.07) is 10.4. The van der Waals surface area contributed by atoms with Gasteiger partial charge in [0.2, 0.25) is 0 Å². The normalized spacial score (nSPS) is 10.2. The molecule has 0 N–H and O–H groups in total. The zero-order chi connectivity index (χ0) is 11.9. The van der Waals surface area contributed by atoms with Gasteiger partial charge in [-0.1, -0.05) is 46.3 Å². The molecule has 0 fully saturated rings. The van der Waals surface area contributed by atoms with E-state index in [2.05, 4.69) is 55.1 Å². The topological polar surface area (TPSA) is 29.0 Å². The first-order chi connectivity index (χ1) is 8.40. The van der Waals surface area contributed by atoms with Gasteiger partial charge in [0.05, 0.1) is 6.20 Å². The van der Waals surface area contributed by atoms with Crippen LogP contribution in [-0.2, 0) is 6.54 Å². The van der Waals surface area contributed by atoms with E-state index in [0.717, 1.165) is 24.2 Å². The number of hydrogen-bond acceptors (Lipinski definition) is 3. The van der Waals surface area contributed by atoms with Crippen molar-refractivity contribution in [2.45, 2.75) is 6.54 Å². The maximum Gasteiger partial charge on any atom is 0.147 e. The van der Waals surface area contributed by atoms with Gasteiger partial charge in [0.15, 0.2) is 0 Å². The second-order valence-corrected chi connectivity index (χ2v) is 4.45. The van der Waals surface area contributed by atoms with Gasteiger partial charge in [-0.05, 0) is 5.56 Å². The van der Waals surface area contributed by atoms with Gasteiger partial charge in [0.25, 0.3) is 0 Å². The third-order valence-corrected chi connectivity index (χ3v) is 2.80. The van der Waals surface area contributed by atoms with Gasteiger partial charge in [-0.15, -0.1) is 0 Å². The van der Waals surface area contributed by atoms with Crippen LogP contribution in [0.5, 0.6) is 0 Å². The molecule has 0 atom stereocenters. The van der Waals surface area contributed by atoms with Crippen LogP contribution in [0, 0.1) is 0 Å². The fourth-order valence-corrected chi connectivity index (χ4v) is 2.06. The Morgan fingerprint density at radius 1 is 1.12 bits per heavy atom. The molecule has 4 heteroatoms. The maximum absolute atomic E-state index is 4.34. The van der Waals surface area contributed by atoms with Crippen molar-refractivity contribution in [1.82, 2.24) is 9.97 Å². The molecular formula is C13H14BrN3. The molecular weight excluding hydrogens is 278 g/mol. The van der Waals surface area contributed by atoms with Crippen LogP contribution < -0.4 is 4.90 Å². The molecule has 2 rings (SSSR count). The Morgan fingerprint density at radius 2 is 1.94 bits per heavy atom. The molecule has 0 aliphatic rings. The lowest BCUT2D eigenvalue weighted by Crippen LogP contribution is -2.25. The van der Waals surface area contributed by atoms with Gasteiger partial charge < -0.3 is 4.90 Å². The molecule has 88 valence electrons. The summed E-state index contributed by atoms with van der Waals surface area (Å²) in [4.78, 5) is 10.7. The summed E-state index contributed by atoms with van der Waals surface area (Å²) < 4.78 is 0. The number of anilines is 1. The minimum Gasteiger partial charge on any atom is -0.350 e. The van der Waals surface area contributed by atoms with E-state index in [4.69, 9.17) is 0 Å². The number of hydrogen-bond donors (Lipinski definition) is 0. The molecule has 1 heterocycles. The van der Waals surface area contributed by atoms with E-state index in [-0.39, 0.29) is 0 Å². The van der Waals surface area contributed by atoms with Crippen LogP contribution in [0.1, 0.15) is 5.56 Å². The van der Waals surface area contributed by atoms with E-state index < -0.39 is 0 Å². The lowest BCUT2D eigenvalue weighted by atomic mass is 10.2. The standard InChI is InChI=1S/C13H14BrN3/c14-6-9-17(13-10-15-7-8-16-13)11-12-4-2-1-3-5-12/h1-5,7-8,10H,6,9,11H2. The lowest BCUT2D eigenvalue weighted by Gasteiger charge is -2.22. The third-order valence-electron chi connectivity index (χ3n) is 2.44. The Kier molecular flexibility index (Phi) is 4.50. The molecule has 0 amide bonds. The van der Waals surface area contributed by atoms with Crippen molar-refractivity contribution >= 4 is 21.7 Å². The number of rotatable bonds is 5. The highest BCUT2D eigenvalue weighted by Gasteiger charge is 2.07. The van der Waals surface area contributed by atoms with Crippen LogP contribution in [0.3, 0.4) is 0 Å². The van der Waals surface area contributed by atoms with Gasteiger partial charge in [-0.3, -0.25) is 4.98 Å². The molecule has 0 aliphatic carbocycles. The predicted molar refractivity (Wildman–Crippen MR) is 73.3 cm³/mol. The minimum absolute atomic E-state index is 0.852. The fourth-order valence-electron chi connectivity index (χ4n) is 1.63. The molecule has 2 aromatic rings. The predicted octanol–water partition coefficient (Wildman–Crippen LogP) is 2.88. The zero-order valence-corrected chi connectivity index (χ0v) is 11.0. The van der Waals surface area contributed by atoms with Crippen LogP contribution in [0.4, 0.5) is 5.82 Å². The number of alkyl halides is 1. The molecule has 0 radical (unpaired) electrons. The number of aromatic nitrogens is 2. The molecule has 0 aliphatic heterocycles. The smallest absolute Gasteiger partial charge is 0.147 e.